The van der Waals surface area contributed by atoms with E-state index in [9.17, 15) is 14.0 Å². The van der Waals surface area contributed by atoms with E-state index in [0.717, 1.165) is 25.0 Å². The van der Waals surface area contributed by atoms with E-state index in [1.54, 1.807) is 21.7 Å². The molecule has 0 unspecified atom stereocenters. The molecular formula is C28H27F2N7O3. The Morgan fingerprint density at radius 2 is 2.05 bits per heavy atom. The van der Waals surface area contributed by atoms with Crippen molar-refractivity contribution >= 4 is 28.7 Å². The number of hydrogen-bond acceptors (Lipinski definition) is 7. The van der Waals surface area contributed by atoms with Gasteiger partial charge in [-0.1, -0.05) is 18.7 Å². The molecule has 1 saturated heterocycles. The number of nitrogen functional groups attached to an aromatic ring is 1. The van der Waals surface area contributed by atoms with Crippen LogP contribution in [0.2, 0.25) is 0 Å². The molecule has 0 radical (unpaired) electrons. The molecule has 0 saturated carbocycles. The standard InChI is InChI=1S/C28H27F2N7O3/c1-3-23(38)36-10-4-5-19(14-36)37-27-24(26(31)33-15-34-27)25(35-37)16-6-7-17(21(30)11-16)13-32-28(39)20-9-8-18(29)12-22(20)40-2/h3,6-9,11-12,15,19H,1,4-5,10,13-14H2,2H3,(H,32,39)(H2,31,33,34)/t19-/m1/s1. The molecule has 4 aromatic rings. The first-order valence-corrected chi connectivity index (χ1v) is 12.6. The fourth-order valence-electron chi connectivity index (χ4n) is 4.90. The summed E-state index contributed by atoms with van der Waals surface area (Å²) < 4.78 is 35.5. The van der Waals surface area contributed by atoms with E-state index in [2.05, 4.69) is 21.9 Å². The number of nitrogens with one attached hydrogen (secondary N) is 1. The Hall–Kier alpha value is -4.87. The molecule has 1 aliphatic rings. The molecule has 1 atom stereocenters. The fraction of sp³-hybridized carbons (Fsp3) is 0.250. The lowest BCUT2D eigenvalue weighted by molar-refractivity contribution is -0.127. The predicted octanol–water partition coefficient (Wildman–Crippen LogP) is 3.64. The highest BCUT2D eigenvalue weighted by molar-refractivity contribution is 5.98. The van der Waals surface area contributed by atoms with Gasteiger partial charge in [-0.05, 0) is 37.1 Å². The number of hydrogen-bond donors (Lipinski definition) is 2. The first-order chi connectivity index (χ1) is 19.3. The number of carbonyl (C=O) groups excluding carboxylic acids is 2. The van der Waals surface area contributed by atoms with E-state index in [1.165, 1.54) is 31.6 Å². The molecule has 206 valence electrons. The van der Waals surface area contributed by atoms with E-state index in [0.29, 0.717) is 35.4 Å². The Bertz CT molecular complexity index is 1620. The topological polar surface area (TPSA) is 128 Å². The summed E-state index contributed by atoms with van der Waals surface area (Å²) >= 11 is 0. The minimum Gasteiger partial charge on any atom is -0.496 e. The summed E-state index contributed by atoms with van der Waals surface area (Å²) in [6, 6.07) is 7.92. The number of nitrogens with zero attached hydrogens (tertiary/aromatic N) is 5. The third kappa shape index (κ3) is 5.07. The van der Waals surface area contributed by atoms with Gasteiger partial charge >= 0.3 is 0 Å². The number of likely N-dealkylation sites (tertiary alicyclic amines) is 1. The van der Waals surface area contributed by atoms with E-state index in [1.807, 2.05) is 0 Å². The average Bonchev–Trinajstić information content (AvgIpc) is 3.37. The fourth-order valence-corrected chi connectivity index (χ4v) is 4.90. The van der Waals surface area contributed by atoms with Gasteiger partial charge < -0.3 is 20.7 Å². The van der Waals surface area contributed by atoms with E-state index in [-0.39, 0.29) is 41.2 Å². The number of nitrogens with two attached hydrogens (primary N) is 1. The Morgan fingerprint density at radius 1 is 1.23 bits per heavy atom. The average molecular weight is 548 g/mol. The Balaban J connectivity index is 1.42. The van der Waals surface area contributed by atoms with Crippen molar-refractivity contribution in [2.24, 2.45) is 0 Å². The van der Waals surface area contributed by atoms with Gasteiger partial charge in [0.2, 0.25) is 5.91 Å². The molecule has 12 heteroatoms. The highest BCUT2D eigenvalue weighted by Crippen LogP contribution is 2.34. The maximum Gasteiger partial charge on any atom is 0.255 e. The van der Waals surface area contributed by atoms with E-state index < -0.39 is 17.5 Å². The number of carbonyl (C=O) groups is 2. The number of benzene rings is 2. The lowest BCUT2D eigenvalue weighted by atomic mass is 10.1. The number of amides is 2. The summed E-state index contributed by atoms with van der Waals surface area (Å²) in [5.41, 5.74) is 7.93. The second-order valence-electron chi connectivity index (χ2n) is 9.37. The van der Waals surface area contributed by atoms with Crippen molar-refractivity contribution in [1.29, 1.82) is 0 Å². The zero-order valence-corrected chi connectivity index (χ0v) is 21.7. The summed E-state index contributed by atoms with van der Waals surface area (Å²) in [6.07, 6.45) is 4.18. The second kappa shape index (κ2) is 11.1. The lowest BCUT2D eigenvalue weighted by Crippen LogP contribution is -2.40. The van der Waals surface area contributed by atoms with Gasteiger partial charge in [0.25, 0.3) is 5.91 Å². The van der Waals surface area contributed by atoms with Crippen LogP contribution >= 0.6 is 0 Å². The van der Waals surface area contributed by atoms with Crippen LogP contribution < -0.4 is 15.8 Å². The van der Waals surface area contributed by atoms with Crippen molar-refractivity contribution in [3.8, 4) is 17.0 Å². The molecule has 0 spiro atoms. The quantitative estimate of drug-likeness (QED) is 0.338. The first kappa shape index (κ1) is 26.7. The van der Waals surface area contributed by atoms with Gasteiger partial charge in [0.15, 0.2) is 5.65 Å². The Morgan fingerprint density at radius 3 is 2.80 bits per heavy atom. The van der Waals surface area contributed by atoms with E-state index >= 15 is 4.39 Å². The Labute approximate surface area is 228 Å². The van der Waals surface area contributed by atoms with Crippen LogP contribution in [0.1, 0.15) is 34.8 Å². The van der Waals surface area contributed by atoms with Crippen LogP contribution in [0.4, 0.5) is 14.6 Å². The van der Waals surface area contributed by atoms with Crippen LogP contribution in [0.25, 0.3) is 22.3 Å². The van der Waals surface area contributed by atoms with Crippen molar-refractivity contribution in [3.05, 3.63) is 78.1 Å². The zero-order valence-electron chi connectivity index (χ0n) is 21.7. The summed E-state index contributed by atoms with van der Waals surface area (Å²) in [6.45, 7) is 4.52. The molecule has 3 N–H and O–H groups in total. The number of halogens is 2. The summed E-state index contributed by atoms with van der Waals surface area (Å²) in [7, 11) is 1.33. The van der Waals surface area contributed by atoms with Crippen molar-refractivity contribution in [3.63, 3.8) is 0 Å². The van der Waals surface area contributed by atoms with Gasteiger partial charge in [0.1, 0.15) is 35.2 Å². The molecule has 1 aliphatic heterocycles. The van der Waals surface area contributed by atoms with Crippen LogP contribution in [0.5, 0.6) is 5.75 Å². The number of piperidine rings is 1. The monoisotopic (exact) mass is 547 g/mol. The first-order valence-electron chi connectivity index (χ1n) is 12.6. The van der Waals surface area contributed by atoms with Crippen LogP contribution in [0, 0.1) is 11.6 Å². The maximum absolute atomic E-state index is 15.3. The van der Waals surface area contributed by atoms with Gasteiger partial charge in [0, 0.05) is 36.8 Å². The molecule has 40 heavy (non-hydrogen) atoms. The summed E-state index contributed by atoms with van der Waals surface area (Å²) in [5, 5.41) is 7.88. The highest BCUT2D eigenvalue weighted by atomic mass is 19.1. The van der Waals surface area contributed by atoms with Crippen LogP contribution in [-0.2, 0) is 11.3 Å². The van der Waals surface area contributed by atoms with Gasteiger partial charge in [-0.25, -0.2) is 23.4 Å². The molecule has 0 bridgehead atoms. The number of anilines is 1. The normalized spacial score (nSPS) is 15.2. The van der Waals surface area contributed by atoms with Crippen LogP contribution in [-0.4, -0.2) is 56.7 Å². The van der Waals surface area contributed by atoms with Gasteiger partial charge in [-0.2, -0.15) is 5.10 Å². The second-order valence-corrected chi connectivity index (χ2v) is 9.37. The van der Waals surface area contributed by atoms with Gasteiger partial charge in [0.05, 0.1) is 24.1 Å². The zero-order chi connectivity index (χ0) is 28.4. The third-order valence-electron chi connectivity index (χ3n) is 6.92. The third-order valence-corrected chi connectivity index (χ3v) is 6.92. The Kier molecular flexibility index (Phi) is 7.41. The number of aromatic nitrogens is 4. The highest BCUT2D eigenvalue weighted by Gasteiger charge is 2.28. The molecule has 2 amide bonds. The maximum atomic E-state index is 15.3. The molecule has 5 rings (SSSR count). The van der Waals surface area contributed by atoms with Crippen molar-refractivity contribution < 1.29 is 23.1 Å². The molecule has 0 aliphatic carbocycles. The van der Waals surface area contributed by atoms with Crippen molar-refractivity contribution in [1.82, 2.24) is 30.0 Å². The van der Waals surface area contributed by atoms with E-state index in [4.69, 9.17) is 15.6 Å². The molecule has 1 fully saturated rings. The molecule has 10 nitrogen and oxygen atoms in total. The minimum atomic E-state index is -0.567. The minimum absolute atomic E-state index is 0.0746. The number of rotatable bonds is 7. The number of fused-ring (bicyclic) bond motifs is 1. The van der Waals surface area contributed by atoms with Crippen LogP contribution in [0.15, 0.2) is 55.4 Å². The molecule has 3 heterocycles. The largest absolute Gasteiger partial charge is 0.496 e. The number of ether oxygens (including phenoxy) is 1. The van der Waals surface area contributed by atoms with Crippen molar-refractivity contribution in [2.75, 3.05) is 25.9 Å². The van der Waals surface area contributed by atoms with Crippen LogP contribution in [0.3, 0.4) is 0 Å². The van der Waals surface area contributed by atoms with Gasteiger partial charge in [-0.3, -0.25) is 9.59 Å². The van der Waals surface area contributed by atoms with Gasteiger partial charge in [-0.15, -0.1) is 0 Å². The smallest absolute Gasteiger partial charge is 0.255 e. The molecule has 2 aromatic carbocycles. The SMILES string of the molecule is C=CC(=O)N1CCC[C@@H](n2nc(-c3ccc(CNC(=O)c4ccc(F)cc4OC)c(F)c3)c3c(N)ncnc32)C1. The lowest BCUT2D eigenvalue weighted by Gasteiger charge is -2.32. The molecular weight excluding hydrogens is 520 g/mol. The molecule has 2 aromatic heterocycles. The van der Waals surface area contributed by atoms with Crippen molar-refractivity contribution in [2.45, 2.75) is 25.4 Å². The predicted molar refractivity (Wildman–Crippen MR) is 144 cm³/mol. The summed E-state index contributed by atoms with van der Waals surface area (Å²) in [4.78, 5) is 35.1. The number of methoxy groups -OCH3 is 1. The summed E-state index contributed by atoms with van der Waals surface area (Å²) in [5.74, 6) is -1.52.